The fourth-order valence-electron chi connectivity index (χ4n) is 6.34. The van der Waals surface area contributed by atoms with Crippen LogP contribution in [0.25, 0.3) is 16.8 Å². The number of aromatic nitrogens is 2. The maximum Gasteiger partial charge on any atom is 0.342 e. The molecule has 1 fully saturated rings. The Hall–Kier alpha value is -4.10. The highest BCUT2D eigenvalue weighted by molar-refractivity contribution is 5.90. The van der Waals surface area contributed by atoms with Crippen LogP contribution in [0.1, 0.15) is 70.8 Å². The summed E-state index contributed by atoms with van der Waals surface area (Å²) in [6.07, 6.45) is 6.55. The summed E-state index contributed by atoms with van der Waals surface area (Å²) >= 11 is 0. The molecule has 1 aromatic heterocycles. The van der Waals surface area contributed by atoms with Crippen molar-refractivity contribution in [2.45, 2.75) is 51.0 Å². The first-order chi connectivity index (χ1) is 19.6. The van der Waals surface area contributed by atoms with Gasteiger partial charge in [0, 0.05) is 5.56 Å². The van der Waals surface area contributed by atoms with Crippen LogP contribution in [-0.2, 0) is 12.8 Å². The predicted molar refractivity (Wildman–Crippen MR) is 155 cm³/mol. The van der Waals surface area contributed by atoms with Crippen molar-refractivity contribution in [3.05, 3.63) is 94.7 Å². The molecule has 1 aliphatic carbocycles. The minimum atomic E-state index is -1.07. The summed E-state index contributed by atoms with van der Waals surface area (Å²) in [6, 6.07) is 21.1. The van der Waals surface area contributed by atoms with Crippen molar-refractivity contribution >= 4 is 5.97 Å². The second kappa shape index (κ2) is 11.2. The van der Waals surface area contributed by atoms with Crippen LogP contribution in [0.3, 0.4) is 0 Å². The lowest BCUT2D eigenvalue weighted by Gasteiger charge is -2.26. The second-order valence-electron chi connectivity index (χ2n) is 10.6. The Kier molecular flexibility index (Phi) is 7.30. The maximum absolute atomic E-state index is 11.6. The van der Waals surface area contributed by atoms with E-state index in [1.807, 2.05) is 18.2 Å². The van der Waals surface area contributed by atoms with E-state index in [4.69, 9.17) is 9.47 Å². The zero-order valence-electron chi connectivity index (χ0n) is 23.0. The Labute approximate surface area is 234 Å². The van der Waals surface area contributed by atoms with Crippen LogP contribution >= 0.6 is 0 Å². The Bertz CT molecular complexity index is 1540. The van der Waals surface area contributed by atoms with E-state index in [0.29, 0.717) is 5.92 Å². The lowest BCUT2D eigenvalue weighted by atomic mass is 9.86. The molecule has 40 heavy (non-hydrogen) atoms. The average Bonchev–Trinajstić information content (AvgIpc) is 3.62. The van der Waals surface area contributed by atoms with Gasteiger partial charge < -0.3 is 19.9 Å². The quantitative estimate of drug-likeness (QED) is 0.273. The molecule has 2 heterocycles. The molecule has 0 spiro atoms. The molecule has 0 unspecified atom stereocenters. The molecule has 2 N–H and O–H groups in total. The number of carboxylic acids is 1. The van der Waals surface area contributed by atoms with E-state index in [9.17, 15) is 9.90 Å². The van der Waals surface area contributed by atoms with Gasteiger partial charge in [-0.25, -0.2) is 9.48 Å². The van der Waals surface area contributed by atoms with Gasteiger partial charge in [-0.2, -0.15) is 5.10 Å². The van der Waals surface area contributed by atoms with Crippen molar-refractivity contribution < 1.29 is 19.4 Å². The zero-order chi connectivity index (χ0) is 27.6. The second-order valence-corrected chi connectivity index (χ2v) is 10.6. The van der Waals surface area contributed by atoms with Crippen molar-refractivity contribution in [3.63, 3.8) is 0 Å². The van der Waals surface area contributed by atoms with Crippen LogP contribution in [0.15, 0.2) is 66.9 Å². The molecule has 6 rings (SSSR count). The molecule has 1 atom stereocenters. The third-order valence-electron chi connectivity index (χ3n) is 8.30. The number of nitrogens with one attached hydrogen (secondary N) is 1. The van der Waals surface area contributed by atoms with Crippen molar-refractivity contribution in [1.29, 1.82) is 0 Å². The minimum absolute atomic E-state index is 0.0274. The number of ether oxygens (including phenoxy) is 2. The molecule has 206 valence electrons. The fourth-order valence-corrected chi connectivity index (χ4v) is 6.34. The summed E-state index contributed by atoms with van der Waals surface area (Å²) in [5.41, 5.74) is 8.29. The third kappa shape index (κ3) is 4.86. The third-order valence-corrected chi connectivity index (χ3v) is 8.30. The highest BCUT2D eigenvalue weighted by atomic mass is 16.5. The molecule has 7 heteroatoms. The Morgan fingerprint density at radius 3 is 2.67 bits per heavy atom. The summed E-state index contributed by atoms with van der Waals surface area (Å²) in [5, 5.41) is 17.3. The van der Waals surface area contributed by atoms with E-state index in [1.165, 1.54) is 53.1 Å². The molecule has 1 saturated heterocycles. The summed E-state index contributed by atoms with van der Waals surface area (Å²) < 4.78 is 13.6. The van der Waals surface area contributed by atoms with Gasteiger partial charge in [0.05, 0.1) is 19.0 Å². The first kappa shape index (κ1) is 26.1. The standard InChI is InChI=1S/C33H35N3O4/c1-3-21-19-26(11-12-27(21)22-14-16-34-17-15-22)40-30-13-10-23-6-5-9-28(31(23)30)24-7-4-8-25(18-24)36-32(39-2)29(20-35-36)33(37)38/h4-9,11-12,18-20,22,30,34H,3,10,13-17H2,1-2H3,(H,37,38)/t30-/m0/s1. The Morgan fingerprint density at radius 2 is 1.90 bits per heavy atom. The molecule has 4 aromatic rings. The van der Waals surface area contributed by atoms with Crippen molar-refractivity contribution in [2.24, 2.45) is 0 Å². The molecule has 1 aliphatic heterocycles. The first-order valence-electron chi connectivity index (χ1n) is 14.2. The van der Waals surface area contributed by atoms with Crippen LogP contribution in [0.2, 0.25) is 0 Å². The molecule has 0 radical (unpaired) electrons. The van der Waals surface area contributed by atoms with E-state index in [-0.39, 0.29) is 17.5 Å². The van der Waals surface area contributed by atoms with Gasteiger partial charge in [0.1, 0.15) is 17.4 Å². The Balaban J connectivity index is 1.31. The number of hydrogen-bond acceptors (Lipinski definition) is 5. The molecule has 3 aromatic carbocycles. The predicted octanol–water partition coefficient (Wildman–Crippen LogP) is 6.34. The zero-order valence-corrected chi connectivity index (χ0v) is 23.0. The summed E-state index contributed by atoms with van der Waals surface area (Å²) in [7, 11) is 1.46. The van der Waals surface area contributed by atoms with Crippen LogP contribution in [0.5, 0.6) is 11.6 Å². The van der Waals surface area contributed by atoms with Gasteiger partial charge in [-0.15, -0.1) is 0 Å². The van der Waals surface area contributed by atoms with Gasteiger partial charge >= 0.3 is 5.97 Å². The lowest BCUT2D eigenvalue weighted by Crippen LogP contribution is -2.27. The molecular formula is C33H35N3O4. The van der Waals surface area contributed by atoms with Crippen LogP contribution in [0.4, 0.5) is 0 Å². The highest BCUT2D eigenvalue weighted by Crippen LogP contribution is 2.42. The minimum Gasteiger partial charge on any atom is -0.486 e. The topological polar surface area (TPSA) is 85.6 Å². The number of aromatic carboxylic acids is 1. The molecule has 2 aliphatic rings. The number of carbonyl (C=O) groups is 1. The smallest absolute Gasteiger partial charge is 0.342 e. The van der Waals surface area contributed by atoms with E-state index < -0.39 is 5.97 Å². The monoisotopic (exact) mass is 537 g/mol. The van der Waals surface area contributed by atoms with Gasteiger partial charge in [0.2, 0.25) is 5.88 Å². The number of rotatable bonds is 8. The van der Waals surface area contributed by atoms with Crippen molar-refractivity contribution in [3.8, 4) is 28.4 Å². The molecule has 0 saturated carbocycles. The van der Waals surface area contributed by atoms with Crippen LogP contribution in [0, 0.1) is 0 Å². The number of carboxylic acid groups (broad SMARTS) is 1. The van der Waals surface area contributed by atoms with E-state index >= 15 is 0 Å². The number of benzene rings is 3. The highest BCUT2D eigenvalue weighted by Gasteiger charge is 2.28. The Morgan fingerprint density at radius 1 is 1.07 bits per heavy atom. The van der Waals surface area contributed by atoms with Crippen molar-refractivity contribution in [1.82, 2.24) is 15.1 Å². The number of hydrogen-bond donors (Lipinski definition) is 2. The van der Waals surface area contributed by atoms with Gasteiger partial charge in [0.25, 0.3) is 0 Å². The van der Waals surface area contributed by atoms with Gasteiger partial charge in [-0.1, -0.05) is 43.3 Å². The van der Waals surface area contributed by atoms with E-state index in [2.05, 4.69) is 59.8 Å². The first-order valence-corrected chi connectivity index (χ1v) is 14.2. The summed E-state index contributed by atoms with van der Waals surface area (Å²) in [4.78, 5) is 11.6. The number of fused-ring (bicyclic) bond motifs is 1. The molecule has 0 amide bonds. The number of piperidine rings is 1. The number of methoxy groups -OCH3 is 1. The van der Waals surface area contributed by atoms with E-state index in [0.717, 1.165) is 54.9 Å². The lowest BCUT2D eigenvalue weighted by molar-refractivity contribution is 0.0693. The van der Waals surface area contributed by atoms with Gasteiger partial charge in [-0.05, 0) is 103 Å². The van der Waals surface area contributed by atoms with Gasteiger partial charge in [0.15, 0.2) is 0 Å². The number of nitrogens with zero attached hydrogens (tertiary/aromatic N) is 2. The number of aryl methyl sites for hydroxylation is 2. The SMILES string of the molecule is CCc1cc(O[C@H]2CCc3cccc(-c4cccc(-n5ncc(C(=O)O)c5OC)c4)c32)ccc1C1CCNCC1. The normalized spacial score (nSPS) is 17.0. The van der Waals surface area contributed by atoms with Crippen LogP contribution < -0.4 is 14.8 Å². The van der Waals surface area contributed by atoms with Crippen molar-refractivity contribution in [2.75, 3.05) is 20.2 Å². The molecule has 7 nitrogen and oxygen atoms in total. The van der Waals surface area contributed by atoms with Gasteiger partial charge in [-0.3, -0.25) is 0 Å². The van der Waals surface area contributed by atoms with Crippen LogP contribution in [-0.4, -0.2) is 41.1 Å². The maximum atomic E-state index is 11.6. The molecular weight excluding hydrogens is 502 g/mol. The molecule has 0 bridgehead atoms. The van der Waals surface area contributed by atoms with E-state index in [1.54, 1.807) is 0 Å². The average molecular weight is 538 g/mol. The summed E-state index contributed by atoms with van der Waals surface area (Å²) in [6.45, 7) is 4.40. The summed E-state index contributed by atoms with van der Waals surface area (Å²) in [5.74, 6) is 0.675. The largest absolute Gasteiger partial charge is 0.486 e. The fraction of sp³-hybridized carbons (Fsp3) is 0.333.